The molecule has 0 heterocycles. The summed E-state index contributed by atoms with van der Waals surface area (Å²) in [6, 6.07) is 5.95. The Morgan fingerprint density at radius 1 is 1.31 bits per heavy atom. The fourth-order valence-electron chi connectivity index (χ4n) is 1.04. The van der Waals surface area contributed by atoms with Gasteiger partial charge in [0.1, 0.15) is 11.6 Å². The highest BCUT2D eigenvalue weighted by atomic mass is 32.2. The third-order valence-corrected chi connectivity index (χ3v) is 2.87. The third kappa shape index (κ3) is 4.93. The first kappa shape index (κ1) is 12.7. The summed E-state index contributed by atoms with van der Waals surface area (Å²) in [5, 5.41) is 8.38. The molecule has 0 saturated carbocycles. The molecule has 0 bridgehead atoms. The topological polar surface area (TPSA) is 54.4 Å². The second-order valence-corrected chi connectivity index (χ2v) is 4.23. The lowest BCUT2D eigenvalue weighted by Gasteiger charge is -2.00. The summed E-state index contributed by atoms with van der Waals surface area (Å²) >= 11 is 1.21. The van der Waals surface area contributed by atoms with Crippen molar-refractivity contribution in [2.75, 3.05) is 5.75 Å². The number of benzene rings is 1. The molecule has 0 amide bonds. The molecule has 0 spiro atoms. The van der Waals surface area contributed by atoms with Crippen LogP contribution in [0.15, 0.2) is 29.2 Å². The van der Waals surface area contributed by atoms with Crippen LogP contribution >= 0.6 is 11.8 Å². The van der Waals surface area contributed by atoms with E-state index in [9.17, 15) is 14.0 Å². The lowest BCUT2D eigenvalue weighted by atomic mass is 10.2. The number of aliphatic carboxylic acids is 1. The maximum absolute atomic E-state index is 12.8. The normalized spacial score (nSPS) is 10.1. The summed E-state index contributed by atoms with van der Waals surface area (Å²) in [5.74, 6) is -1.29. The Kier molecular flexibility index (Phi) is 4.98. The van der Waals surface area contributed by atoms with Crippen molar-refractivity contribution in [3.8, 4) is 0 Å². The van der Waals surface area contributed by atoms with Gasteiger partial charge in [0.05, 0.1) is 12.2 Å². The van der Waals surface area contributed by atoms with E-state index in [2.05, 4.69) is 0 Å². The van der Waals surface area contributed by atoms with Crippen molar-refractivity contribution in [1.82, 2.24) is 0 Å². The summed E-state index contributed by atoms with van der Waals surface area (Å²) in [6.45, 7) is 0. The Morgan fingerprint density at radius 2 is 2.06 bits per heavy atom. The number of halogens is 1. The van der Waals surface area contributed by atoms with Crippen LogP contribution in [-0.4, -0.2) is 22.6 Å². The Labute approximate surface area is 96.7 Å². The van der Waals surface area contributed by atoms with Crippen molar-refractivity contribution in [3.63, 3.8) is 0 Å². The maximum atomic E-state index is 12.8. The molecular weight excluding hydrogens is 231 g/mol. The van der Waals surface area contributed by atoms with Gasteiger partial charge in [-0.2, -0.15) is 0 Å². The highest BCUT2D eigenvalue weighted by molar-refractivity contribution is 8.00. The molecule has 0 atom stereocenters. The number of carbonyl (C=O) groups excluding carboxylic acids is 1. The van der Waals surface area contributed by atoms with E-state index < -0.39 is 5.97 Å². The van der Waals surface area contributed by atoms with Gasteiger partial charge < -0.3 is 5.11 Å². The van der Waals surface area contributed by atoms with Gasteiger partial charge in [0, 0.05) is 11.3 Å². The maximum Gasteiger partial charge on any atom is 0.303 e. The molecule has 86 valence electrons. The number of rotatable bonds is 6. The van der Waals surface area contributed by atoms with Crippen molar-refractivity contribution in [2.45, 2.75) is 17.7 Å². The van der Waals surface area contributed by atoms with Crippen LogP contribution in [0.5, 0.6) is 0 Å². The Balaban J connectivity index is 2.34. The van der Waals surface area contributed by atoms with Gasteiger partial charge in [-0.25, -0.2) is 4.39 Å². The first-order valence-electron chi connectivity index (χ1n) is 4.70. The van der Waals surface area contributed by atoms with E-state index in [1.165, 1.54) is 23.9 Å². The highest BCUT2D eigenvalue weighted by Gasteiger charge is 2.06. The van der Waals surface area contributed by atoms with Crippen LogP contribution in [0, 0.1) is 5.82 Å². The molecule has 1 rings (SSSR count). The largest absolute Gasteiger partial charge is 0.481 e. The SMILES string of the molecule is O=C(O)CCC(=O)CSc1cccc(F)c1. The van der Waals surface area contributed by atoms with Crippen LogP contribution in [-0.2, 0) is 9.59 Å². The summed E-state index contributed by atoms with van der Waals surface area (Å²) in [4.78, 5) is 22.1. The summed E-state index contributed by atoms with van der Waals surface area (Å²) < 4.78 is 12.8. The first-order chi connectivity index (χ1) is 7.58. The van der Waals surface area contributed by atoms with Crippen molar-refractivity contribution in [2.24, 2.45) is 0 Å². The molecule has 16 heavy (non-hydrogen) atoms. The van der Waals surface area contributed by atoms with Crippen LogP contribution in [0.1, 0.15) is 12.8 Å². The van der Waals surface area contributed by atoms with Gasteiger partial charge in [-0.1, -0.05) is 6.07 Å². The average Bonchev–Trinajstić information content (AvgIpc) is 2.23. The van der Waals surface area contributed by atoms with Crippen LogP contribution in [0.3, 0.4) is 0 Å². The van der Waals surface area contributed by atoms with Crippen molar-refractivity contribution < 1.29 is 19.1 Å². The van der Waals surface area contributed by atoms with Gasteiger partial charge in [0.2, 0.25) is 0 Å². The minimum absolute atomic E-state index is 0.0254. The average molecular weight is 242 g/mol. The molecule has 0 radical (unpaired) electrons. The first-order valence-corrected chi connectivity index (χ1v) is 5.68. The van der Waals surface area contributed by atoms with Crippen molar-refractivity contribution in [1.29, 1.82) is 0 Å². The smallest absolute Gasteiger partial charge is 0.303 e. The molecule has 0 fully saturated rings. The molecule has 1 N–H and O–H groups in total. The molecule has 1 aromatic rings. The molecular formula is C11H11FO3S. The zero-order valence-corrected chi connectivity index (χ0v) is 9.30. The molecule has 0 aliphatic rings. The van der Waals surface area contributed by atoms with Crippen LogP contribution in [0.2, 0.25) is 0 Å². The minimum atomic E-state index is -0.982. The van der Waals surface area contributed by atoms with Crippen LogP contribution < -0.4 is 0 Å². The summed E-state index contributed by atoms with van der Waals surface area (Å²) in [5.41, 5.74) is 0. The van der Waals surface area contributed by atoms with Gasteiger partial charge in [-0.15, -0.1) is 11.8 Å². The fourth-order valence-corrected chi connectivity index (χ4v) is 1.88. The second kappa shape index (κ2) is 6.27. The van der Waals surface area contributed by atoms with Crippen molar-refractivity contribution >= 4 is 23.5 Å². The number of carboxylic acid groups (broad SMARTS) is 1. The van der Waals surface area contributed by atoms with Gasteiger partial charge in [0.25, 0.3) is 0 Å². The summed E-state index contributed by atoms with van der Waals surface area (Å²) in [7, 11) is 0. The molecule has 1 aromatic carbocycles. The minimum Gasteiger partial charge on any atom is -0.481 e. The summed E-state index contributed by atoms with van der Waals surface area (Å²) in [6.07, 6.45) is -0.125. The van der Waals surface area contributed by atoms with Gasteiger partial charge in [-0.3, -0.25) is 9.59 Å². The van der Waals surface area contributed by atoms with E-state index in [0.717, 1.165) is 0 Å². The second-order valence-electron chi connectivity index (χ2n) is 3.18. The van der Waals surface area contributed by atoms with Crippen molar-refractivity contribution in [3.05, 3.63) is 30.1 Å². The molecule has 0 aliphatic heterocycles. The van der Waals surface area contributed by atoms with Gasteiger partial charge in [0.15, 0.2) is 0 Å². The van der Waals surface area contributed by atoms with E-state index in [-0.39, 0.29) is 30.2 Å². The number of Topliss-reactive ketones (excluding diaryl/α,β-unsaturated/α-hetero) is 1. The lowest BCUT2D eigenvalue weighted by molar-refractivity contribution is -0.138. The van der Waals surface area contributed by atoms with E-state index in [1.54, 1.807) is 12.1 Å². The zero-order valence-electron chi connectivity index (χ0n) is 8.48. The predicted molar refractivity (Wildman–Crippen MR) is 59.0 cm³/mol. The molecule has 0 saturated heterocycles. The Morgan fingerprint density at radius 3 is 2.69 bits per heavy atom. The molecule has 0 aromatic heterocycles. The van der Waals surface area contributed by atoms with E-state index >= 15 is 0 Å². The monoisotopic (exact) mass is 242 g/mol. The van der Waals surface area contributed by atoms with E-state index in [0.29, 0.717) is 4.90 Å². The quantitative estimate of drug-likeness (QED) is 0.778. The number of thioether (sulfide) groups is 1. The highest BCUT2D eigenvalue weighted by Crippen LogP contribution is 2.19. The molecule has 3 nitrogen and oxygen atoms in total. The van der Waals surface area contributed by atoms with E-state index in [4.69, 9.17) is 5.11 Å². The number of ketones is 1. The third-order valence-electron chi connectivity index (χ3n) is 1.81. The van der Waals surface area contributed by atoms with Gasteiger partial charge in [-0.05, 0) is 18.2 Å². The predicted octanol–water partition coefficient (Wildman–Crippen LogP) is 2.35. The zero-order chi connectivity index (χ0) is 12.0. The van der Waals surface area contributed by atoms with Crippen LogP contribution in [0.4, 0.5) is 4.39 Å². The van der Waals surface area contributed by atoms with Gasteiger partial charge >= 0.3 is 5.97 Å². The Bertz CT molecular complexity index is 393. The Hall–Kier alpha value is -1.36. The number of hydrogen-bond acceptors (Lipinski definition) is 3. The van der Waals surface area contributed by atoms with E-state index in [1.807, 2.05) is 0 Å². The standard InChI is InChI=1S/C11H11FO3S/c12-8-2-1-3-10(6-8)16-7-9(13)4-5-11(14)15/h1-3,6H,4-5,7H2,(H,14,15). The number of hydrogen-bond donors (Lipinski definition) is 1. The lowest BCUT2D eigenvalue weighted by Crippen LogP contribution is -2.05. The van der Waals surface area contributed by atoms with Crippen LogP contribution in [0.25, 0.3) is 0 Å². The fraction of sp³-hybridized carbons (Fsp3) is 0.273. The molecule has 0 unspecified atom stereocenters. The number of carbonyl (C=O) groups is 2. The molecule has 0 aliphatic carbocycles. The number of carboxylic acids is 1. The molecule has 5 heteroatoms.